The Labute approximate surface area is 176 Å². The number of carbonyl (C=O) groups excluding carboxylic acids is 1. The number of hydrogen-bond donors (Lipinski definition) is 1. The van der Waals surface area contributed by atoms with Crippen LogP contribution in [0.3, 0.4) is 0 Å². The van der Waals surface area contributed by atoms with Gasteiger partial charge in [-0.2, -0.15) is 18.3 Å². The van der Waals surface area contributed by atoms with Gasteiger partial charge in [0.2, 0.25) is 5.91 Å². The Kier molecular flexibility index (Phi) is 5.56. The molecule has 8 heteroatoms. The van der Waals surface area contributed by atoms with Crippen LogP contribution in [-0.2, 0) is 4.79 Å². The second kappa shape index (κ2) is 7.75. The molecule has 5 nitrogen and oxygen atoms in total. The van der Waals surface area contributed by atoms with Crippen LogP contribution in [-0.4, -0.2) is 45.9 Å². The van der Waals surface area contributed by atoms with Crippen LogP contribution in [0.5, 0.6) is 0 Å². The van der Waals surface area contributed by atoms with E-state index < -0.39 is 12.2 Å². The molecule has 0 radical (unpaired) electrons. The molecule has 0 unspecified atom stereocenters. The lowest BCUT2D eigenvalue weighted by molar-refractivity contribution is -0.175. The highest BCUT2D eigenvalue weighted by Crippen LogP contribution is 2.44. The number of aromatic nitrogens is 2. The summed E-state index contributed by atoms with van der Waals surface area (Å²) in [5.41, 5.74) is 0.371. The maximum atomic E-state index is 13.8. The Balaban J connectivity index is 1.52. The van der Waals surface area contributed by atoms with Gasteiger partial charge in [-0.05, 0) is 31.1 Å². The zero-order chi connectivity index (χ0) is 21.7. The number of carbonyl (C=O) groups is 1. The van der Waals surface area contributed by atoms with Crippen LogP contribution >= 0.6 is 0 Å². The van der Waals surface area contributed by atoms with E-state index in [0.717, 1.165) is 36.8 Å². The summed E-state index contributed by atoms with van der Waals surface area (Å²) in [7, 11) is 0. The highest BCUT2D eigenvalue weighted by molar-refractivity contribution is 5.79. The first-order chi connectivity index (χ1) is 14.0. The molecule has 3 aliphatic rings. The van der Waals surface area contributed by atoms with Gasteiger partial charge in [0.25, 0.3) is 0 Å². The van der Waals surface area contributed by atoms with Gasteiger partial charge in [0, 0.05) is 37.0 Å². The smallest absolute Gasteiger partial charge is 0.367 e. The van der Waals surface area contributed by atoms with Crippen molar-refractivity contribution in [2.24, 2.45) is 11.3 Å². The quantitative estimate of drug-likeness (QED) is 0.715. The molecule has 168 valence electrons. The fraction of sp³-hybridized carbons (Fsp3) is 0.818. The maximum Gasteiger partial charge on any atom is 0.410 e. The van der Waals surface area contributed by atoms with Gasteiger partial charge in [-0.15, -0.1) is 0 Å². The molecular formula is C22H33F3N4O. The van der Waals surface area contributed by atoms with E-state index >= 15 is 0 Å². The van der Waals surface area contributed by atoms with Gasteiger partial charge in [0.1, 0.15) is 5.82 Å². The van der Waals surface area contributed by atoms with Crippen LogP contribution in [0.1, 0.15) is 83.4 Å². The number of nitrogens with one attached hydrogen (secondary N) is 1. The lowest BCUT2D eigenvalue weighted by atomic mass is 9.82. The number of rotatable bonds is 2. The SMILES string of the molecule is CC(C)(C)[C@@H]1C[C@H](C(F)(F)F)n2nc([C@H]3CCN(C(=O)C4CCCCC4)C3)cc2N1. The number of hydrogen-bond acceptors (Lipinski definition) is 3. The number of halogens is 3. The molecule has 3 atom stereocenters. The van der Waals surface area contributed by atoms with Gasteiger partial charge in [-0.3, -0.25) is 4.79 Å². The minimum absolute atomic E-state index is 0.000545. The molecule has 3 heterocycles. The van der Waals surface area contributed by atoms with Crippen molar-refractivity contribution in [3.63, 3.8) is 0 Å². The average Bonchev–Trinajstić information content (AvgIpc) is 3.32. The first-order valence-electron chi connectivity index (χ1n) is 11.3. The lowest BCUT2D eigenvalue weighted by Crippen LogP contribution is -2.44. The standard InChI is InChI=1S/C22H33F3N4O/c1-21(2,3)17-12-18(22(23,24)25)29-19(26-17)11-16(27-29)15-9-10-28(13-15)20(30)14-7-5-4-6-8-14/h11,14-15,17-18,26H,4-10,12-13H2,1-3H3/t15-,17-,18+/m0/s1. The predicted octanol–water partition coefficient (Wildman–Crippen LogP) is 5.11. The fourth-order valence-corrected chi connectivity index (χ4v) is 5.17. The van der Waals surface area contributed by atoms with Crippen molar-refractivity contribution >= 4 is 11.7 Å². The number of alkyl halides is 3. The Morgan fingerprint density at radius 3 is 2.47 bits per heavy atom. The van der Waals surface area contributed by atoms with Gasteiger partial charge < -0.3 is 10.2 Å². The molecule has 0 bridgehead atoms. The largest absolute Gasteiger partial charge is 0.410 e. The van der Waals surface area contributed by atoms with Crippen LogP contribution < -0.4 is 5.32 Å². The summed E-state index contributed by atoms with van der Waals surface area (Å²) in [4.78, 5) is 14.8. The van der Waals surface area contributed by atoms with Crippen LogP contribution in [0, 0.1) is 11.3 Å². The average molecular weight is 427 g/mol. The third kappa shape index (κ3) is 4.19. The number of nitrogens with zero attached hydrogens (tertiary/aromatic N) is 3. The van der Waals surface area contributed by atoms with E-state index in [1.54, 1.807) is 6.07 Å². The first-order valence-corrected chi connectivity index (χ1v) is 11.3. The molecule has 1 saturated heterocycles. The number of anilines is 1. The molecule has 1 aromatic rings. The fourth-order valence-electron chi connectivity index (χ4n) is 5.17. The zero-order valence-electron chi connectivity index (χ0n) is 18.1. The van der Waals surface area contributed by atoms with E-state index in [1.165, 1.54) is 6.42 Å². The van der Waals surface area contributed by atoms with Gasteiger partial charge in [0.05, 0.1) is 5.69 Å². The van der Waals surface area contributed by atoms with Crippen molar-refractivity contribution in [2.75, 3.05) is 18.4 Å². The molecule has 1 aliphatic carbocycles. The zero-order valence-corrected chi connectivity index (χ0v) is 18.1. The van der Waals surface area contributed by atoms with Gasteiger partial charge in [0.15, 0.2) is 6.04 Å². The second-order valence-corrected chi connectivity index (χ2v) is 10.4. The summed E-state index contributed by atoms with van der Waals surface area (Å²) >= 11 is 0. The van der Waals surface area contributed by atoms with Crippen molar-refractivity contribution in [3.05, 3.63) is 11.8 Å². The van der Waals surface area contributed by atoms with Crippen molar-refractivity contribution in [2.45, 2.75) is 89.9 Å². The first kappa shape index (κ1) is 21.5. The second-order valence-electron chi connectivity index (χ2n) is 10.4. The molecule has 1 saturated carbocycles. The van der Waals surface area contributed by atoms with Crippen molar-refractivity contribution in [1.82, 2.24) is 14.7 Å². The molecule has 0 spiro atoms. The summed E-state index contributed by atoms with van der Waals surface area (Å²) in [6.45, 7) is 7.10. The topological polar surface area (TPSA) is 50.2 Å². The summed E-state index contributed by atoms with van der Waals surface area (Å²) in [6.07, 6.45) is 1.74. The third-order valence-corrected chi connectivity index (χ3v) is 7.13. The maximum absolute atomic E-state index is 13.8. The van der Waals surface area contributed by atoms with Crippen LogP contribution in [0.15, 0.2) is 6.07 Å². The van der Waals surface area contributed by atoms with E-state index in [9.17, 15) is 18.0 Å². The Morgan fingerprint density at radius 1 is 1.13 bits per heavy atom. The van der Waals surface area contributed by atoms with E-state index in [-0.39, 0.29) is 35.6 Å². The summed E-state index contributed by atoms with van der Waals surface area (Å²) in [5, 5.41) is 7.69. The van der Waals surface area contributed by atoms with E-state index in [1.807, 2.05) is 25.7 Å². The van der Waals surface area contributed by atoms with Gasteiger partial charge in [-0.25, -0.2) is 4.68 Å². The summed E-state index contributed by atoms with van der Waals surface area (Å²) < 4.78 is 42.5. The van der Waals surface area contributed by atoms with E-state index in [2.05, 4.69) is 10.4 Å². The molecular weight excluding hydrogens is 393 g/mol. The Bertz CT molecular complexity index is 776. The highest BCUT2D eigenvalue weighted by Gasteiger charge is 2.48. The third-order valence-electron chi connectivity index (χ3n) is 7.13. The number of likely N-dealkylation sites (tertiary alicyclic amines) is 1. The van der Waals surface area contributed by atoms with Crippen LogP contribution in [0.25, 0.3) is 0 Å². The van der Waals surface area contributed by atoms with E-state index in [4.69, 9.17) is 0 Å². The molecule has 1 N–H and O–H groups in total. The summed E-state index contributed by atoms with van der Waals surface area (Å²) in [5.74, 6) is 0.784. The normalized spacial score (nSPS) is 28.3. The monoisotopic (exact) mass is 426 g/mol. The summed E-state index contributed by atoms with van der Waals surface area (Å²) in [6, 6.07) is -0.127. The van der Waals surface area contributed by atoms with Crippen LogP contribution in [0.2, 0.25) is 0 Å². The molecule has 1 amide bonds. The predicted molar refractivity (Wildman–Crippen MR) is 109 cm³/mol. The van der Waals surface area contributed by atoms with E-state index in [0.29, 0.717) is 24.6 Å². The molecule has 2 fully saturated rings. The van der Waals surface area contributed by atoms with Crippen molar-refractivity contribution in [3.8, 4) is 0 Å². The number of fused-ring (bicyclic) bond motifs is 1. The highest BCUT2D eigenvalue weighted by atomic mass is 19.4. The minimum atomic E-state index is -4.34. The molecule has 0 aromatic carbocycles. The lowest BCUT2D eigenvalue weighted by Gasteiger charge is -2.39. The van der Waals surface area contributed by atoms with Crippen LogP contribution in [0.4, 0.5) is 19.0 Å². The molecule has 1 aromatic heterocycles. The van der Waals surface area contributed by atoms with Gasteiger partial charge in [-0.1, -0.05) is 40.0 Å². The van der Waals surface area contributed by atoms with Crippen molar-refractivity contribution in [1.29, 1.82) is 0 Å². The Morgan fingerprint density at radius 2 is 1.83 bits per heavy atom. The van der Waals surface area contributed by atoms with Gasteiger partial charge >= 0.3 is 6.18 Å². The molecule has 30 heavy (non-hydrogen) atoms. The molecule has 2 aliphatic heterocycles. The van der Waals surface area contributed by atoms with Crippen molar-refractivity contribution < 1.29 is 18.0 Å². The minimum Gasteiger partial charge on any atom is -0.367 e. The molecule has 4 rings (SSSR count). The number of amides is 1. The Hall–Kier alpha value is -1.73.